The normalized spacial score (nSPS) is 12.2. The van der Waals surface area contributed by atoms with Gasteiger partial charge in [-0.25, -0.2) is 9.37 Å². The summed E-state index contributed by atoms with van der Waals surface area (Å²) in [5.74, 6) is 0.525. The first-order valence-electron chi connectivity index (χ1n) is 5.27. The molecule has 2 aromatic heterocycles. The molecule has 8 nitrogen and oxygen atoms in total. The van der Waals surface area contributed by atoms with Crippen LogP contribution in [0.15, 0.2) is 6.20 Å². The molecule has 2 rings (SSSR count). The van der Waals surface area contributed by atoms with E-state index in [9.17, 15) is 4.39 Å². The molecule has 0 aliphatic heterocycles. The number of halogens is 1. The molecule has 0 spiro atoms. The lowest BCUT2D eigenvalue weighted by atomic mass is 10.3. The number of aromatic nitrogens is 6. The van der Waals surface area contributed by atoms with Crippen LogP contribution in [0.2, 0.25) is 0 Å². The van der Waals surface area contributed by atoms with Crippen molar-refractivity contribution in [2.75, 3.05) is 24.3 Å². The minimum Gasteiger partial charge on any atom is -0.360 e. The van der Waals surface area contributed by atoms with Crippen LogP contribution >= 0.6 is 0 Å². The number of hydrogen-bond donors (Lipinski definition) is 2. The average molecular weight is 252 g/mol. The second kappa shape index (κ2) is 4.90. The van der Waals surface area contributed by atoms with Crippen molar-refractivity contribution < 1.29 is 4.39 Å². The molecule has 0 aliphatic carbocycles. The van der Waals surface area contributed by atoms with E-state index < -0.39 is 5.82 Å². The predicted molar refractivity (Wildman–Crippen MR) is 62.5 cm³/mol. The highest BCUT2D eigenvalue weighted by Crippen LogP contribution is 2.17. The van der Waals surface area contributed by atoms with Crippen molar-refractivity contribution in [3.8, 4) is 0 Å². The van der Waals surface area contributed by atoms with E-state index in [1.165, 1.54) is 0 Å². The highest BCUT2D eigenvalue weighted by molar-refractivity contribution is 5.42. The van der Waals surface area contributed by atoms with Crippen LogP contribution in [0.5, 0.6) is 0 Å². The molecule has 9 heteroatoms. The molecule has 2 heterocycles. The topological polar surface area (TPSA) is 95.5 Å². The quantitative estimate of drug-likeness (QED) is 0.811. The summed E-state index contributed by atoms with van der Waals surface area (Å²) in [7, 11) is 3.41. The third-order valence-corrected chi connectivity index (χ3v) is 2.24. The Morgan fingerprint density at radius 3 is 2.83 bits per heavy atom. The SMILES string of the molecule is C[C@H](Nc1ncc(F)c(N(C)C)n1)c1nn[nH]n1. The first-order valence-corrected chi connectivity index (χ1v) is 5.27. The van der Waals surface area contributed by atoms with Crippen molar-refractivity contribution in [1.29, 1.82) is 0 Å². The fourth-order valence-electron chi connectivity index (χ4n) is 1.35. The van der Waals surface area contributed by atoms with Crippen molar-refractivity contribution in [2.24, 2.45) is 0 Å². The summed E-state index contributed by atoms with van der Waals surface area (Å²) in [5.41, 5.74) is 0. The van der Waals surface area contributed by atoms with Crippen LogP contribution in [0.4, 0.5) is 16.2 Å². The van der Waals surface area contributed by atoms with Crippen LogP contribution in [0.3, 0.4) is 0 Å². The summed E-state index contributed by atoms with van der Waals surface area (Å²) in [5, 5.41) is 16.5. The molecule has 0 amide bonds. The minimum absolute atomic E-state index is 0.216. The fourth-order valence-corrected chi connectivity index (χ4v) is 1.35. The Balaban J connectivity index is 2.17. The number of aromatic amines is 1. The number of tetrazole rings is 1. The lowest BCUT2D eigenvalue weighted by Gasteiger charge is -2.14. The van der Waals surface area contributed by atoms with Gasteiger partial charge in [-0.3, -0.25) is 0 Å². The molecule has 0 saturated carbocycles. The zero-order valence-electron chi connectivity index (χ0n) is 10.2. The van der Waals surface area contributed by atoms with Crippen molar-refractivity contribution in [3.05, 3.63) is 17.8 Å². The van der Waals surface area contributed by atoms with Gasteiger partial charge in [0.2, 0.25) is 5.95 Å². The summed E-state index contributed by atoms with van der Waals surface area (Å²) in [6.45, 7) is 1.83. The van der Waals surface area contributed by atoms with Gasteiger partial charge in [-0.15, -0.1) is 10.2 Å². The Bertz CT molecular complexity index is 511. The Hall–Kier alpha value is -2.32. The van der Waals surface area contributed by atoms with Crippen molar-refractivity contribution >= 4 is 11.8 Å². The van der Waals surface area contributed by atoms with Gasteiger partial charge in [-0.2, -0.15) is 10.2 Å². The third-order valence-electron chi connectivity index (χ3n) is 2.24. The van der Waals surface area contributed by atoms with Crippen LogP contribution in [-0.2, 0) is 0 Å². The van der Waals surface area contributed by atoms with Crippen LogP contribution in [0.1, 0.15) is 18.8 Å². The molecule has 0 bridgehead atoms. The van der Waals surface area contributed by atoms with E-state index in [4.69, 9.17) is 0 Å². The highest BCUT2D eigenvalue weighted by atomic mass is 19.1. The van der Waals surface area contributed by atoms with Crippen LogP contribution in [0.25, 0.3) is 0 Å². The summed E-state index contributed by atoms with van der Waals surface area (Å²) in [4.78, 5) is 9.50. The van der Waals surface area contributed by atoms with E-state index in [1.807, 2.05) is 6.92 Å². The second-order valence-electron chi connectivity index (χ2n) is 3.90. The number of rotatable bonds is 4. The first-order chi connectivity index (χ1) is 8.58. The zero-order chi connectivity index (χ0) is 13.1. The van der Waals surface area contributed by atoms with Gasteiger partial charge in [0, 0.05) is 14.1 Å². The van der Waals surface area contributed by atoms with E-state index in [0.717, 1.165) is 6.20 Å². The smallest absolute Gasteiger partial charge is 0.225 e. The fraction of sp³-hybridized carbons (Fsp3) is 0.444. The summed E-state index contributed by atoms with van der Waals surface area (Å²) >= 11 is 0. The Kier molecular flexibility index (Phi) is 3.31. The molecule has 18 heavy (non-hydrogen) atoms. The zero-order valence-corrected chi connectivity index (χ0v) is 10.2. The minimum atomic E-state index is -0.474. The maximum atomic E-state index is 13.4. The van der Waals surface area contributed by atoms with Crippen LogP contribution in [0, 0.1) is 5.82 Å². The lowest BCUT2D eigenvalue weighted by Crippen LogP contribution is -2.16. The Morgan fingerprint density at radius 1 is 1.44 bits per heavy atom. The van der Waals surface area contributed by atoms with Crippen molar-refractivity contribution in [1.82, 2.24) is 30.6 Å². The van der Waals surface area contributed by atoms with Gasteiger partial charge in [0.1, 0.15) is 0 Å². The Labute approximate surface area is 103 Å². The highest BCUT2D eigenvalue weighted by Gasteiger charge is 2.14. The number of nitrogens with zero attached hydrogens (tertiary/aromatic N) is 6. The molecular weight excluding hydrogens is 239 g/mol. The molecule has 0 aromatic carbocycles. The van der Waals surface area contributed by atoms with E-state index in [0.29, 0.717) is 11.8 Å². The van der Waals surface area contributed by atoms with Gasteiger partial charge in [0.15, 0.2) is 17.5 Å². The van der Waals surface area contributed by atoms with Gasteiger partial charge in [0.05, 0.1) is 12.2 Å². The summed E-state index contributed by atoms with van der Waals surface area (Å²) in [6, 6.07) is -0.232. The molecule has 0 aliphatic rings. The molecule has 1 atom stereocenters. The van der Waals surface area contributed by atoms with Gasteiger partial charge in [0.25, 0.3) is 0 Å². The second-order valence-corrected chi connectivity index (χ2v) is 3.90. The monoisotopic (exact) mass is 252 g/mol. The number of nitrogens with one attached hydrogen (secondary N) is 2. The van der Waals surface area contributed by atoms with Crippen LogP contribution in [-0.4, -0.2) is 44.7 Å². The lowest BCUT2D eigenvalue weighted by molar-refractivity contribution is 0.611. The molecule has 0 saturated heterocycles. The maximum Gasteiger partial charge on any atom is 0.225 e. The van der Waals surface area contributed by atoms with Crippen molar-refractivity contribution in [2.45, 2.75) is 13.0 Å². The largest absolute Gasteiger partial charge is 0.360 e. The van der Waals surface area contributed by atoms with E-state index in [-0.39, 0.29) is 11.9 Å². The Morgan fingerprint density at radius 2 is 2.22 bits per heavy atom. The number of anilines is 2. The molecule has 0 fully saturated rings. The number of hydrogen-bond acceptors (Lipinski definition) is 7. The predicted octanol–water partition coefficient (Wildman–Crippen LogP) is 0.368. The third kappa shape index (κ3) is 2.50. The van der Waals surface area contributed by atoms with Crippen LogP contribution < -0.4 is 10.2 Å². The van der Waals surface area contributed by atoms with E-state index >= 15 is 0 Å². The summed E-state index contributed by atoms with van der Waals surface area (Å²) < 4.78 is 13.4. The average Bonchev–Trinajstić information content (AvgIpc) is 2.85. The molecule has 2 aromatic rings. The molecule has 96 valence electrons. The molecule has 2 N–H and O–H groups in total. The van der Waals surface area contributed by atoms with Gasteiger partial charge in [-0.05, 0) is 6.92 Å². The maximum absolute atomic E-state index is 13.4. The standard InChI is InChI=1S/C9H13FN8/c1-5(7-14-16-17-15-7)12-9-11-4-6(10)8(13-9)18(2)3/h4-5H,1-3H3,(H,11,12,13)(H,14,15,16,17)/t5-/m0/s1. The number of H-pyrrole nitrogens is 1. The van der Waals surface area contributed by atoms with Gasteiger partial charge in [-0.1, -0.05) is 5.21 Å². The van der Waals surface area contributed by atoms with Gasteiger partial charge >= 0.3 is 0 Å². The van der Waals surface area contributed by atoms with Gasteiger partial charge < -0.3 is 10.2 Å². The van der Waals surface area contributed by atoms with E-state index in [2.05, 4.69) is 35.9 Å². The molecule has 0 radical (unpaired) electrons. The first kappa shape index (κ1) is 12.1. The van der Waals surface area contributed by atoms with E-state index in [1.54, 1.807) is 19.0 Å². The summed E-state index contributed by atoms with van der Waals surface area (Å²) in [6.07, 6.45) is 1.12. The molecule has 0 unspecified atom stereocenters. The van der Waals surface area contributed by atoms with Crippen molar-refractivity contribution in [3.63, 3.8) is 0 Å². The molecular formula is C9H13FN8.